The maximum absolute atomic E-state index is 13.1. The summed E-state index contributed by atoms with van der Waals surface area (Å²) in [6.07, 6.45) is 0. The first-order valence-corrected chi connectivity index (χ1v) is 9.38. The molecule has 0 aromatic heterocycles. The first-order chi connectivity index (χ1) is 12.2. The SMILES string of the molecule is Cc1cc(C)cc(N(C)S(=O)(=O)c2cc3c(c(C(=O)O)c2)OCCO3)c1. The number of fused-ring (bicyclic) bond motifs is 1. The van der Waals surface area contributed by atoms with Crippen molar-refractivity contribution in [1.29, 1.82) is 0 Å². The summed E-state index contributed by atoms with van der Waals surface area (Å²) in [7, 11) is -2.55. The van der Waals surface area contributed by atoms with Gasteiger partial charge in [0.1, 0.15) is 18.8 Å². The third-order valence-electron chi connectivity index (χ3n) is 4.07. The Morgan fingerprint density at radius 3 is 2.27 bits per heavy atom. The van der Waals surface area contributed by atoms with Gasteiger partial charge in [0.15, 0.2) is 11.5 Å². The average Bonchev–Trinajstić information content (AvgIpc) is 2.59. The highest BCUT2D eigenvalue weighted by molar-refractivity contribution is 7.92. The number of aromatic carboxylic acids is 1. The molecular weight excluding hydrogens is 358 g/mol. The monoisotopic (exact) mass is 377 g/mol. The molecule has 1 aliphatic heterocycles. The van der Waals surface area contributed by atoms with Crippen LogP contribution in [0.25, 0.3) is 0 Å². The van der Waals surface area contributed by atoms with Crippen molar-refractivity contribution in [1.82, 2.24) is 0 Å². The number of nitrogens with zero attached hydrogens (tertiary/aromatic N) is 1. The molecule has 1 heterocycles. The van der Waals surface area contributed by atoms with Crippen LogP contribution in [-0.4, -0.2) is 39.8 Å². The van der Waals surface area contributed by atoms with E-state index in [1.54, 1.807) is 12.1 Å². The van der Waals surface area contributed by atoms with E-state index in [4.69, 9.17) is 9.47 Å². The van der Waals surface area contributed by atoms with Crippen LogP contribution in [0, 0.1) is 13.8 Å². The van der Waals surface area contributed by atoms with Crippen molar-refractivity contribution in [3.63, 3.8) is 0 Å². The van der Waals surface area contributed by atoms with E-state index >= 15 is 0 Å². The molecule has 138 valence electrons. The Morgan fingerprint density at radius 2 is 1.65 bits per heavy atom. The number of hydrogen-bond donors (Lipinski definition) is 1. The lowest BCUT2D eigenvalue weighted by atomic mass is 10.1. The highest BCUT2D eigenvalue weighted by atomic mass is 32.2. The molecule has 1 N–H and O–H groups in total. The second kappa shape index (κ2) is 6.53. The largest absolute Gasteiger partial charge is 0.486 e. The number of ether oxygens (including phenoxy) is 2. The third kappa shape index (κ3) is 3.20. The summed E-state index contributed by atoms with van der Waals surface area (Å²) in [5.41, 5.74) is 2.11. The van der Waals surface area contributed by atoms with Crippen LogP contribution in [0.4, 0.5) is 5.69 Å². The van der Waals surface area contributed by atoms with Gasteiger partial charge in [-0.2, -0.15) is 0 Å². The molecule has 0 radical (unpaired) electrons. The van der Waals surface area contributed by atoms with Crippen LogP contribution in [-0.2, 0) is 10.0 Å². The van der Waals surface area contributed by atoms with Gasteiger partial charge in [0, 0.05) is 13.1 Å². The van der Waals surface area contributed by atoms with Gasteiger partial charge in [0.2, 0.25) is 0 Å². The molecule has 0 amide bonds. The Hall–Kier alpha value is -2.74. The van der Waals surface area contributed by atoms with Crippen LogP contribution in [0.15, 0.2) is 35.2 Å². The summed E-state index contributed by atoms with van der Waals surface area (Å²) >= 11 is 0. The van der Waals surface area contributed by atoms with Gasteiger partial charge in [-0.15, -0.1) is 0 Å². The average molecular weight is 377 g/mol. The summed E-state index contributed by atoms with van der Waals surface area (Å²) in [4.78, 5) is 11.4. The molecule has 7 nitrogen and oxygen atoms in total. The van der Waals surface area contributed by atoms with E-state index in [1.165, 1.54) is 13.1 Å². The maximum Gasteiger partial charge on any atom is 0.339 e. The Bertz CT molecular complexity index is 963. The van der Waals surface area contributed by atoms with E-state index in [2.05, 4.69) is 0 Å². The van der Waals surface area contributed by atoms with Crippen molar-refractivity contribution in [2.75, 3.05) is 24.6 Å². The lowest BCUT2D eigenvalue weighted by Gasteiger charge is -2.24. The normalized spacial score (nSPS) is 13.3. The van der Waals surface area contributed by atoms with Crippen molar-refractivity contribution in [3.05, 3.63) is 47.0 Å². The van der Waals surface area contributed by atoms with Crippen LogP contribution in [0.5, 0.6) is 11.5 Å². The quantitative estimate of drug-likeness (QED) is 0.880. The molecule has 0 fully saturated rings. The summed E-state index contributed by atoms with van der Waals surface area (Å²) in [5, 5.41) is 9.42. The molecule has 0 unspecified atom stereocenters. The van der Waals surface area contributed by atoms with Gasteiger partial charge in [0.25, 0.3) is 10.0 Å². The van der Waals surface area contributed by atoms with Gasteiger partial charge in [-0.3, -0.25) is 4.31 Å². The predicted octanol–water partition coefficient (Wildman–Crippen LogP) is 2.60. The maximum atomic E-state index is 13.1. The number of anilines is 1. The fourth-order valence-electron chi connectivity index (χ4n) is 2.87. The molecule has 3 rings (SSSR count). The van der Waals surface area contributed by atoms with Crippen molar-refractivity contribution in [2.24, 2.45) is 0 Å². The van der Waals surface area contributed by atoms with Crippen LogP contribution in [0.2, 0.25) is 0 Å². The van der Waals surface area contributed by atoms with Gasteiger partial charge in [-0.05, 0) is 43.2 Å². The first kappa shape index (κ1) is 18.1. The molecule has 1 aliphatic rings. The molecule has 0 saturated heterocycles. The van der Waals surface area contributed by atoms with Crippen molar-refractivity contribution >= 4 is 21.7 Å². The molecule has 2 aromatic carbocycles. The molecule has 26 heavy (non-hydrogen) atoms. The van der Waals surface area contributed by atoms with Crippen molar-refractivity contribution in [3.8, 4) is 11.5 Å². The minimum Gasteiger partial charge on any atom is -0.486 e. The Kier molecular flexibility index (Phi) is 4.53. The third-order valence-corrected chi connectivity index (χ3v) is 5.84. The number of aryl methyl sites for hydroxylation is 2. The van der Waals surface area contributed by atoms with Crippen molar-refractivity contribution < 1.29 is 27.8 Å². The van der Waals surface area contributed by atoms with Gasteiger partial charge < -0.3 is 14.6 Å². The number of sulfonamides is 1. The first-order valence-electron chi connectivity index (χ1n) is 7.94. The molecule has 2 aromatic rings. The van der Waals surface area contributed by atoms with E-state index in [-0.39, 0.29) is 35.2 Å². The lowest BCUT2D eigenvalue weighted by Crippen LogP contribution is -2.27. The zero-order valence-electron chi connectivity index (χ0n) is 14.6. The number of carboxylic acid groups (broad SMARTS) is 1. The van der Waals surface area contributed by atoms with Crippen LogP contribution in [0.3, 0.4) is 0 Å². The second-order valence-electron chi connectivity index (χ2n) is 6.12. The lowest BCUT2D eigenvalue weighted by molar-refractivity contribution is 0.0685. The van der Waals surface area contributed by atoms with E-state index in [9.17, 15) is 18.3 Å². The Balaban J connectivity index is 2.12. The summed E-state index contributed by atoms with van der Waals surface area (Å²) in [6.45, 7) is 4.19. The number of benzene rings is 2. The smallest absolute Gasteiger partial charge is 0.339 e. The summed E-state index contributed by atoms with van der Waals surface area (Å²) < 4.78 is 38.0. The number of carbonyl (C=O) groups is 1. The van der Waals surface area contributed by atoms with E-state index < -0.39 is 16.0 Å². The zero-order valence-corrected chi connectivity index (χ0v) is 15.5. The fraction of sp³-hybridized carbons (Fsp3) is 0.278. The van der Waals surface area contributed by atoms with E-state index in [0.29, 0.717) is 5.69 Å². The van der Waals surface area contributed by atoms with Crippen LogP contribution < -0.4 is 13.8 Å². The van der Waals surface area contributed by atoms with Crippen LogP contribution in [0.1, 0.15) is 21.5 Å². The van der Waals surface area contributed by atoms with E-state index in [0.717, 1.165) is 21.5 Å². The Labute approximate surface area is 151 Å². The molecule has 0 saturated carbocycles. The van der Waals surface area contributed by atoms with Gasteiger partial charge in [-0.1, -0.05) is 6.07 Å². The highest BCUT2D eigenvalue weighted by Gasteiger charge is 2.29. The second-order valence-corrected chi connectivity index (χ2v) is 8.09. The molecule has 0 atom stereocenters. The highest BCUT2D eigenvalue weighted by Crippen LogP contribution is 2.37. The van der Waals surface area contributed by atoms with Gasteiger partial charge in [-0.25, -0.2) is 13.2 Å². The molecule has 8 heteroatoms. The predicted molar refractivity (Wildman–Crippen MR) is 95.9 cm³/mol. The molecule has 0 aliphatic carbocycles. The Morgan fingerprint density at radius 1 is 1.04 bits per heavy atom. The van der Waals surface area contributed by atoms with E-state index in [1.807, 2.05) is 19.9 Å². The van der Waals surface area contributed by atoms with Crippen molar-refractivity contribution in [2.45, 2.75) is 18.7 Å². The minimum atomic E-state index is -3.98. The number of carboxylic acids is 1. The molecule has 0 spiro atoms. The van der Waals surface area contributed by atoms with Gasteiger partial charge >= 0.3 is 5.97 Å². The molecular formula is C18H19NO6S. The zero-order chi connectivity index (χ0) is 19.1. The number of rotatable bonds is 4. The summed E-state index contributed by atoms with van der Waals surface area (Å²) in [5.74, 6) is -1.11. The van der Waals surface area contributed by atoms with Crippen LogP contribution >= 0.6 is 0 Å². The fourth-order valence-corrected chi connectivity index (χ4v) is 4.09. The standard InChI is InChI=1S/C18H19NO6S/c1-11-6-12(2)8-13(7-11)19(3)26(22,23)14-9-15(18(20)21)17-16(10-14)24-4-5-25-17/h6-10H,4-5H2,1-3H3,(H,20,21). The summed E-state index contributed by atoms with van der Waals surface area (Å²) in [6, 6.07) is 7.84. The molecule has 0 bridgehead atoms. The van der Waals surface area contributed by atoms with Gasteiger partial charge in [0.05, 0.1) is 10.6 Å². The number of hydrogen-bond acceptors (Lipinski definition) is 5. The minimum absolute atomic E-state index is 0.0525. The topological polar surface area (TPSA) is 93.1 Å².